The minimum absolute atomic E-state index is 0.0398. The molecule has 1 unspecified atom stereocenters. The van der Waals surface area contributed by atoms with Crippen LogP contribution in [0.2, 0.25) is 0 Å². The van der Waals surface area contributed by atoms with Crippen LogP contribution in [-0.4, -0.2) is 0 Å². The van der Waals surface area contributed by atoms with Gasteiger partial charge in [0, 0.05) is 15.8 Å². The molecule has 0 saturated carbocycles. The molecule has 0 aliphatic heterocycles. The van der Waals surface area contributed by atoms with E-state index in [1.807, 2.05) is 32.0 Å². The normalized spacial score (nSPS) is 12.8. The Morgan fingerprint density at radius 1 is 1.35 bits per heavy atom. The molecule has 2 aromatic rings. The molecule has 0 aliphatic carbocycles. The van der Waals surface area contributed by atoms with Gasteiger partial charge in [0.25, 0.3) is 0 Å². The Morgan fingerprint density at radius 3 is 2.65 bits per heavy atom. The van der Waals surface area contributed by atoms with Gasteiger partial charge in [-0.05, 0) is 65.2 Å². The maximum absolute atomic E-state index is 13.3. The standard InChI is InChI=1S/C13H13BrFNS/c1-7-5-11(15)10(14)6-9(7)13-4-3-12(17-13)8(2)16/h3-6,8H,16H2,1-2H3. The van der Waals surface area contributed by atoms with Gasteiger partial charge in [0.2, 0.25) is 0 Å². The second kappa shape index (κ2) is 4.88. The van der Waals surface area contributed by atoms with Crippen LogP contribution in [-0.2, 0) is 0 Å². The van der Waals surface area contributed by atoms with Gasteiger partial charge in [-0.1, -0.05) is 0 Å². The zero-order valence-corrected chi connectivity index (χ0v) is 12.0. The van der Waals surface area contributed by atoms with Gasteiger partial charge in [0.15, 0.2) is 0 Å². The average Bonchev–Trinajstić information content (AvgIpc) is 2.72. The summed E-state index contributed by atoms with van der Waals surface area (Å²) in [5.74, 6) is -0.227. The molecule has 4 heteroatoms. The van der Waals surface area contributed by atoms with E-state index in [1.165, 1.54) is 0 Å². The molecule has 1 atom stereocenters. The zero-order valence-electron chi connectivity index (χ0n) is 9.63. The summed E-state index contributed by atoms with van der Waals surface area (Å²) in [4.78, 5) is 2.26. The largest absolute Gasteiger partial charge is 0.324 e. The van der Waals surface area contributed by atoms with Gasteiger partial charge in [0.1, 0.15) is 5.82 Å². The summed E-state index contributed by atoms with van der Waals surface area (Å²) in [7, 11) is 0. The van der Waals surface area contributed by atoms with Crippen LogP contribution >= 0.6 is 27.3 Å². The quantitative estimate of drug-likeness (QED) is 0.858. The van der Waals surface area contributed by atoms with Crippen molar-refractivity contribution < 1.29 is 4.39 Å². The van der Waals surface area contributed by atoms with E-state index < -0.39 is 0 Å². The Hall–Kier alpha value is -0.710. The highest BCUT2D eigenvalue weighted by Gasteiger charge is 2.10. The molecule has 17 heavy (non-hydrogen) atoms. The summed E-state index contributed by atoms with van der Waals surface area (Å²) in [5, 5.41) is 0. The lowest BCUT2D eigenvalue weighted by molar-refractivity contribution is 0.620. The van der Waals surface area contributed by atoms with Crippen molar-refractivity contribution in [3.63, 3.8) is 0 Å². The van der Waals surface area contributed by atoms with E-state index in [0.29, 0.717) is 4.47 Å². The van der Waals surface area contributed by atoms with Crippen LogP contribution in [0, 0.1) is 12.7 Å². The molecule has 90 valence electrons. The number of rotatable bonds is 2. The number of halogens is 2. The Bertz CT molecular complexity index is 548. The van der Waals surface area contributed by atoms with Gasteiger partial charge in [0.05, 0.1) is 4.47 Å². The van der Waals surface area contributed by atoms with Crippen LogP contribution in [0.25, 0.3) is 10.4 Å². The van der Waals surface area contributed by atoms with E-state index in [0.717, 1.165) is 20.9 Å². The number of benzene rings is 1. The Kier molecular flexibility index (Phi) is 3.66. The Labute approximate surface area is 113 Å². The van der Waals surface area contributed by atoms with Gasteiger partial charge < -0.3 is 5.73 Å². The lowest BCUT2D eigenvalue weighted by Crippen LogP contribution is -2.01. The Morgan fingerprint density at radius 2 is 2.06 bits per heavy atom. The van der Waals surface area contributed by atoms with E-state index in [2.05, 4.69) is 15.9 Å². The Balaban J connectivity index is 2.49. The van der Waals surface area contributed by atoms with Gasteiger partial charge in [-0.2, -0.15) is 0 Å². The van der Waals surface area contributed by atoms with Crippen molar-refractivity contribution in [3.8, 4) is 10.4 Å². The molecular weight excluding hydrogens is 301 g/mol. The maximum Gasteiger partial charge on any atom is 0.137 e. The monoisotopic (exact) mass is 313 g/mol. The third kappa shape index (κ3) is 2.59. The molecule has 0 fully saturated rings. The summed E-state index contributed by atoms with van der Waals surface area (Å²) < 4.78 is 13.8. The summed E-state index contributed by atoms with van der Waals surface area (Å²) in [6.45, 7) is 3.87. The van der Waals surface area contributed by atoms with E-state index in [9.17, 15) is 4.39 Å². The molecule has 1 nitrogen and oxygen atoms in total. The first-order valence-corrected chi connectivity index (χ1v) is 6.91. The van der Waals surface area contributed by atoms with Crippen molar-refractivity contribution in [3.05, 3.63) is 45.0 Å². The highest BCUT2D eigenvalue weighted by atomic mass is 79.9. The highest BCUT2D eigenvalue weighted by Crippen LogP contribution is 2.35. The molecule has 1 heterocycles. The molecular formula is C13H13BrFNS. The number of hydrogen-bond acceptors (Lipinski definition) is 2. The molecule has 0 amide bonds. The molecule has 0 saturated heterocycles. The van der Waals surface area contributed by atoms with Crippen LogP contribution in [0.4, 0.5) is 4.39 Å². The topological polar surface area (TPSA) is 26.0 Å². The third-order valence-corrected chi connectivity index (χ3v) is 4.54. The van der Waals surface area contributed by atoms with E-state index in [1.54, 1.807) is 17.4 Å². The summed E-state index contributed by atoms with van der Waals surface area (Å²) in [6.07, 6.45) is 0. The molecule has 2 N–H and O–H groups in total. The molecule has 0 radical (unpaired) electrons. The predicted octanol–water partition coefficient (Wildman–Crippen LogP) is 4.64. The van der Waals surface area contributed by atoms with Crippen molar-refractivity contribution in [2.24, 2.45) is 5.73 Å². The maximum atomic E-state index is 13.3. The minimum Gasteiger partial charge on any atom is -0.324 e. The molecule has 0 bridgehead atoms. The van der Waals surface area contributed by atoms with Crippen LogP contribution in [0.15, 0.2) is 28.7 Å². The van der Waals surface area contributed by atoms with Crippen molar-refractivity contribution >= 4 is 27.3 Å². The van der Waals surface area contributed by atoms with E-state index >= 15 is 0 Å². The SMILES string of the molecule is Cc1cc(F)c(Br)cc1-c1ccc(C(C)N)s1. The van der Waals surface area contributed by atoms with Crippen molar-refractivity contribution in [1.82, 2.24) is 0 Å². The van der Waals surface area contributed by atoms with Crippen molar-refractivity contribution in [2.45, 2.75) is 19.9 Å². The lowest BCUT2D eigenvalue weighted by Gasteiger charge is -2.05. The zero-order chi connectivity index (χ0) is 12.6. The highest BCUT2D eigenvalue weighted by molar-refractivity contribution is 9.10. The smallest absolute Gasteiger partial charge is 0.137 e. The number of thiophene rings is 1. The molecule has 2 rings (SSSR count). The molecule has 1 aromatic carbocycles. The molecule has 1 aromatic heterocycles. The number of aryl methyl sites for hydroxylation is 1. The second-order valence-corrected chi connectivity index (χ2v) is 6.04. The first-order chi connectivity index (χ1) is 7.99. The number of hydrogen-bond donors (Lipinski definition) is 1. The first-order valence-electron chi connectivity index (χ1n) is 5.30. The van der Waals surface area contributed by atoms with Crippen LogP contribution in [0.3, 0.4) is 0 Å². The van der Waals surface area contributed by atoms with Gasteiger partial charge >= 0.3 is 0 Å². The predicted molar refractivity (Wildman–Crippen MR) is 74.8 cm³/mol. The lowest BCUT2D eigenvalue weighted by atomic mass is 10.1. The molecule has 0 aliphatic rings. The van der Waals surface area contributed by atoms with Crippen LogP contribution in [0.5, 0.6) is 0 Å². The third-order valence-electron chi connectivity index (χ3n) is 2.61. The average molecular weight is 314 g/mol. The fourth-order valence-electron chi connectivity index (χ4n) is 1.65. The van der Waals surface area contributed by atoms with Gasteiger partial charge in [-0.3, -0.25) is 0 Å². The second-order valence-electron chi connectivity index (χ2n) is 4.07. The number of nitrogens with two attached hydrogens (primary N) is 1. The van der Waals surface area contributed by atoms with E-state index in [-0.39, 0.29) is 11.9 Å². The van der Waals surface area contributed by atoms with Crippen molar-refractivity contribution in [2.75, 3.05) is 0 Å². The first kappa shape index (κ1) is 12.7. The fraction of sp³-hybridized carbons (Fsp3) is 0.231. The van der Waals surface area contributed by atoms with Gasteiger partial charge in [-0.15, -0.1) is 11.3 Å². The van der Waals surface area contributed by atoms with E-state index in [4.69, 9.17) is 5.73 Å². The summed E-state index contributed by atoms with van der Waals surface area (Å²) in [5.41, 5.74) is 7.82. The summed E-state index contributed by atoms with van der Waals surface area (Å²) in [6, 6.07) is 7.47. The van der Waals surface area contributed by atoms with Gasteiger partial charge in [-0.25, -0.2) is 4.39 Å². The molecule has 0 spiro atoms. The van der Waals surface area contributed by atoms with Crippen molar-refractivity contribution in [1.29, 1.82) is 0 Å². The summed E-state index contributed by atoms with van der Waals surface area (Å²) >= 11 is 4.87. The van der Waals surface area contributed by atoms with Crippen LogP contribution in [0.1, 0.15) is 23.4 Å². The minimum atomic E-state index is -0.227. The van der Waals surface area contributed by atoms with Crippen LogP contribution < -0.4 is 5.73 Å². The fourth-order valence-corrected chi connectivity index (χ4v) is 3.04.